The number of nitrogens with zero attached hydrogens (tertiary/aromatic N) is 1. The second-order valence-corrected chi connectivity index (χ2v) is 4.99. The van der Waals surface area contributed by atoms with Crippen molar-refractivity contribution in [1.29, 1.82) is 0 Å². The number of hydrogen-bond donors (Lipinski definition) is 1. The first kappa shape index (κ1) is 14.6. The van der Waals surface area contributed by atoms with E-state index in [1.807, 2.05) is 13.0 Å². The van der Waals surface area contributed by atoms with Gasteiger partial charge in [0.2, 0.25) is 0 Å². The van der Waals surface area contributed by atoms with Crippen LogP contribution in [0.5, 0.6) is 0 Å². The number of furan rings is 1. The quantitative estimate of drug-likeness (QED) is 0.687. The minimum absolute atomic E-state index is 0.321. The molecule has 1 aromatic heterocycles. The van der Waals surface area contributed by atoms with Crippen LogP contribution in [0.3, 0.4) is 0 Å². The van der Waals surface area contributed by atoms with Crippen molar-refractivity contribution in [3.8, 4) is 0 Å². The molecular weight excluding hydrogens is 299 g/mol. The summed E-state index contributed by atoms with van der Waals surface area (Å²) in [6.07, 6.45) is 0. The molecule has 0 atom stereocenters. The molecule has 2 rings (SSSR count). The summed E-state index contributed by atoms with van der Waals surface area (Å²) in [6.45, 7) is 3.58. The number of aryl methyl sites for hydroxylation is 1. The number of nitrogens with one attached hydrogen (secondary N) is 1. The van der Waals surface area contributed by atoms with E-state index in [1.165, 1.54) is 6.07 Å². The zero-order valence-corrected chi connectivity index (χ0v) is 12.4. The van der Waals surface area contributed by atoms with E-state index in [0.717, 1.165) is 5.76 Å². The van der Waals surface area contributed by atoms with Gasteiger partial charge in [0.1, 0.15) is 17.2 Å². The van der Waals surface area contributed by atoms with Crippen LogP contribution in [0.4, 0.5) is 0 Å². The number of benzene rings is 1. The fraction of sp³-hybridized carbons (Fsp3) is 0.143. The Bertz CT molecular complexity index is 678. The van der Waals surface area contributed by atoms with Gasteiger partial charge in [0, 0.05) is 5.56 Å². The second-order valence-electron chi connectivity index (χ2n) is 4.18. The van der Waals surface area contributed by atoms with E-state index < -0.39 is 0 Å². The van der Waals surface area contributed by atoms with Gasteiger partial charge in [-0.25, -0.2) is 5.43 Å². The standard InChI is InChI=1S/C14H12Cl2N2O2/c1-8-3-6-13(20-8)9(2)17-18-14(19)10-4-5-11(15)12(16)7-10/h3-7H,1-2H3,(H,18,19)/b17-9+. The predicted octanol–water partition coefficient (Wildman–Crippen LogP) is 4.05. The molecule has 1 aromatic carbocycles. The Morgan fingerprint density at radius 3 is 2.55 bits per heavy atom. The molecule has 0 radical (unpaired) electrons. The monoisotopic (exact) mass is 310 g/mol. The Morgan fingerprint density at radius 1 is 1.20 bits per heavy atom. The molecule has 0 saturated carbocycles. The molecule has 4 nitrogen and oxygen atoms in total. The Hall–Kier alpha value is -1.78. The van der Waals surface area contributed by atoms with E-state index in [9.17, 15) is 4.79 Å². The first-order chi connectivity index (χ1) is 9.47. The summed E-state index contributed by atoms with van der Waals surface area (Å²) in [5, 5.41) is 4.70. The zero-order valence-electron chi connectivity index (χ0n) is 10.9. The van der Waals surface area contributed by atoms with Crippen molar-refractivity contribution >= 4 is 34.8 Å². The molecule has 1 amide bonds. The Morgan fingerprint density at radius 2 is 1.95 bits per heavy atom. The molecule has 0 saturated heterocycles. The number of hydrazone groups is 1. The van der Waals surface area contributed by atoms with Gasteiger partial charge in [-0.1, -0.05) is 23.2 Å². The third-order valence-corrected chi connectivity index (χ3v) is 3.34. The highest BCUT2D eigenvalue weighted by Crippen LogP contribution is 2.22. The van der Waals surface area contributed by atoms with Crippen LogP contribution in [-0.4, -0.2) is 11.6 Å². The maximum absolute atomic E-state index is 11.9. The second kappa shape index (κ2) is 6.11. The van der Waals surface area contributed by atoms with Crippen LogP contribution in [0.15, 0.2) is 39.9 Å². The summed E-state index contributed by atoms with van der Waals surface area (Å²) in [6, 6.07) is 8.24. The fourth-order valence-electron chi connectivity index (χ4n) is 1.52. The predicted molar refractivity (Wildman–Crippen MR) is 79.6 cm³/mol. The molecule has 0 bridgehead atoms. The first-order valence-electron chi connectivity index (χ1n) is 5.84. The van der Waals surface area contributed by atoms with Gasteiger partial charge in [-0.3, -0.25) is 4.79 Å². The summed E-state index contributed by atoms with van der Waals surface area (Å²) in [7, 11) is 0. The van der Waals surface area contributed by atoms with Crippen LogP contribution >= 0.6 is 23.2 Å². The molecule has 104 valence electrons. The van der Waals surface area contributed by atoms with Crippen molar-refractivity contribution in [1.82, 2.24) is 5.43 Å². The molecule has 6 heteroatoms. The van der Waals surface area contributed by atoms with Crippen LogP contribution < -0.4 is 5.43 Å². The van der Waals surface area contributed by atoms with Crippen molar-refractivity contribution < 1.29 is 9.21 Å². The number of halogens is 2. The van der Waals surface area contributed by atoms with Gasteiger partial charge in [-0.15, -0.1) is 0 Å². The topological polar surface area (TPSA) is 54.6 Å². The highest BCUT2D eigenvalue weighted by molar-refractivity contribution is 6.42. The summed E-state index contributed by atoms with van der Waals surface area (Å²) in [5.74, 6) is 1.02. The third-order valence-electron chi connectivity index (χ3n) is 2.60. The molecule has 0 aliphatic carbocycles. The van der Waals surface area contributed by atoms with Crippen molar-refractivity contribution in [2.24, 2.45) is 5.10 Å². The lowest BCUT2D eigenvalue weighted by Crippen LogP contribution is -2.19. The van der Waals surface area contributed by atoms with E-state index >= 15 is 0 Å². The Balaban J connectivity index is 2.09. The Kier molecular flexibility index (Phi) is 4.47. The average Bonchev–Trinajstić information content (AvgIpc) is 2.85. The summed E-state index contributed by atoms with van der Waals surface area (Å²) in [4.78, 5) is 11.9. The van der Waals surface area contributed by atoms with E-state index in [1.54, 1.807) is 25.1 Å². The van der Waals surface area contributed by atoms with Gasteiger partial charge in [0.05, 0.1) is 10.0 Å². The van der Waals surface area contributed by atoms with Gasteiger partial charge in [0.25, 0.3) is 5.91 Å². The number of amides is 1. The average molecular weight is 311 g/mol. The molecule has 1 heterocycles. The van der Waals surface area contributed by atoms with Gasteiger partial charge < -0.3 is 4.42 Å². The molecule has 0 aliphatic rings. The van der Waals surface area contributed by atoms with Crippen LogP contribution in [-0.2, 0) is 0 Å². The summed E-state index contributed by atoms with van der Waals surface area (Å²) in [5.41, 5.74) is 3.40. The molecular formula is C14H12Cl2N2O2. The van der Waals surface area contributed by atoms with E-state index in [-0.39, 0.29) is 5.91 Å². The van der Waals surface area contributed by atoms with E-state index in [0.29, 0.717) is 27.1 Å². The van der Waals surface area contributed by atoms with Gasteiger partial charge >= 0.3 is 0 Å². The lowest BCUT2D eigenvalue weighted by molar-refractivity contribution is 0.0955. The summed E-state index contributed by atoms with van der Waals surface area (Å²) < 4.78 is 5.40. The van der Waals surface area contributed by atoms with Gasteiger partial charge in [-0.05, 0) is 44.2 Å². The van der Waals surface area contributed by atoms with Crippen molar-refractivity contribution in [3.05, 3.63) is 57.5 Å². The molecule has 1 N–H and O–H groups in total. The lowest BCUT2D eigenvalue weighted by Gasteiger charge is -2.02. The van der Waals surface area contributed by atoms with Crippen molar-refractivity contribution in [2.45, 2.75) is 13.8 Å². The molecule has 0 aliphatic heterocycles. The zero-order chi connectivity index (χ0) is 14.7. The fourth-order valence-corrected chi connectivity index (χ4v) is 1.82. The first-order valence-corrected chi connectivity index (χ1v) is 6.59. The number of hydrogen-bond acceptors (Lipinski definition) is 3. The molecule has 0 fully saturated rings. The minimum atomic E-state index is -0.369. The van der Waals surface area contributed by atoms with E-state index in [2.05, 4.69) is 10.5 Å². The Labute approximate surface area is 126 Å². The van der Waals surface area contributed by atoms with Crippen LogP contribution in [0.2, 0.25) is 10.0 Å². The smallest absolute Gasteiger partial charge is 0.271 e. The minimum Gasteiger partial charge on any atom is -0.460 e. The lowest BCUT2D eigenvalue weighted by atomic mass is 10.2. The molecule has 20 heavy (non-hydrogen) atoms. The molecule has 0 unspecified atom stereocenters. The summed E-state index contributed by atoms with van der Waals surface area (Å²) >= 11 is 11.6. The largest absolute Gasteiger partial charge is 0.460 e. The maximum atomic E-state index is 11.9. The van der Waals surface area contributed by atoms with Crippen LogP contribution in [0, 0.1) is 6.92 Å². The SMILES string of the molecule is C/C(=N\NC(=O)c1ccc(Cl)c(Cl)c1)c1ccc(C)o1. The van der Waals surface area contributed by atoms with Crippen LogP contribution in [0.25, 0.3) is 0 Å². The third kappa shape index (κ3) is 3.40. The number of carbonyl (C=O) groups excluding carboxylic acids is 1. The normalized spacial score (nSPS) is 11.5. The van der Waals surface area contributed by atoms with Crippen molar-refractivity contribution in [2.75, 3.05) is 0 Å². The van der Waals surface area contributed by atoms with E-state index in [4.69, 9.17) is 27.6 Å². The van der Waals surface area contributed by atoms with Crippen LogP contribution in [0.1, 0.15) is 28.8 Å². The highest BCUT2D eigenvalue weighted by Gasteiger charge is 2.08. The maximum Gasteiger partial charge on any atom is 0.271 e. The number of rotatable bonds is 3. The number of carbonyl (C=O) groups is 1. The highest BCUT2D eigenvalue weighted by atomic mass is 35.5. The van der Waals surface area contributed by atoms with Gasteiger partial charge in [-0.2, -0.15) is 5.10 Å². The van der Waals surface area contributed by atoms with Crippen molar-refractivity contribution in [3.63, 3.8) is 0 Å². The molecule has 0 spiro atoms. The molecule has 2 aromatic rings. The van der Waals surface area contributed by atoms with Gasteiger partial charge in [0.15, 0.2) is 0 Å².